The van der Waals surface area contributed by atoms with Crippen LogP contribution in [0.5, 0.6) is 0 Å². The number of fused-ring (bicyclic) bond motifs is 4. The molecule has 0 aliphatic carbocycles. The summed E-state index contributed by atoms with van der Waals surface area (Å²) in [7, 11) is 4.14. The predicted octanol–water partition coefficient (Wildman–Crippen LogP) is 0.981. The maximum absolute atomic E-state index is 12.9. The Hall–Kier alpha value is -1.89. The second kappa shape index (κ2) is 7.26. The quantitative estimate of drug-likeness (QED) is 0.789. The second-order valence-electron chi connectivity index (χ2n) is 8.86. The Bertz CT molecular complexity index is 715. The molecule has 1 aromatic rings. The van der Waals surface area contributed by atoms with Crippen molar-refractivity contribution in [3.05, 3.63) is 18.0 Å². The van der Waals surface area contributed by atoms with Crippen molar-refractivity contribution < 1.29 is 9.59 Å². The average molecular weight is 374 g/mol. The van der Waals surface area contributed by atoms with Crippen molar-refractivity contribution in [2.45, 2.75) is 51.2 Å². The number of amides is 2. The minimum absolute atomic E-state index is 0.145. The molecule has 3 aliphatic rings. The molecule has 3 fully saturated rings. The van der Waals surface area contributed by atoms with Crippen LogP contribution in [0, 0.1) is 18.8 Å². The number of hydrogen-bond donors (Lipinski definition) is 0. The van der Waals surface area contributed by atoms with E-state index in [1.54, 1.807) is 10.9 Å². The Morgan fingerprint density at radius 1 is 1.30 bits per heavy atom. The number of nitrogens with zero attached hydrogens (tertiary/aromatic N) is 5. The van der Waals surface area contributed by atoms with Gasteiger partial charge in [0.25, 0.3) is 0 Å². The van der Waals surface area contributed by atoms with E-state index in [2.05, 4.69) is 29.0 Å². The number of aromatic nitrogens is 2. The highest BCUT2D eigenvalue weighted by molar-refractivity contribution is 5.78. The molecule has 0 unspecified atom stereocenters. The SMILES string of the molecule is Cc1cnn(CC(=O)N2C[C@H]3C[C@@H](C2)[C@H](CN(C)C)N2C(=O)CCC[C@@H]32)c1. The van der Waals surface area contributed by atoms with Crippen molar-refractivity contribution in [1.82, 2.24) is 24.5 Å². The minimum atomic E-state index is 0.145. The molecule has 3 saturated heterocycles. The number of carbonyl (C=O) groups excluding carboxylic acids is 2. The van der Waals surface area contributed by atoms with Gasteiger partial charge in [0.05, 0.1) is 6.20 Å². The summed E-state index contributed by atoms with van der Waals surface area (Å²) < 4.78 is 1.73. The van der Waals surface area contributed by atoms with Gasteiger partial charge in [-0.3, -0.25) is 14.3 Å². The highest BCUT2D eigenvalue weighted by Crippen LogP contribution is 2.41. The van der Waals surface area contributed by atoms with E-state index in [1.807, 2.05) is 18.0 Å². The normalized spacial score (nSPS) is 30.6. The summed E-state index contributed by atoms with van der Waals surface area (Å²) in [5, 5.41) is 4.26. The number of rotatable bonds is 4. The van der Waals surface area contributed by atoms with Gasteiger partial charge in [0.1, 0.15) is 6.54 Å². The number of piperidine rings is 3. The fraction of sp³-hybridized carbons (Fsp3) is 0.750. The van der Waals surface area contributed by atoms with Gasteiger partial charge in [-0.15, -0.1) is 0 Å². The Morgan fingerprint density at radius 3 is 2.78 bits per heavy atom. The standard InChI is InChI=1S/C20H31N5O2/c1-14-8-21-24(9-14)13-20(27)23-10-15-7-16(11-23)18(12-22(2)3)25-17(15)5-4-6-19(25)26/h8-9,15-18H,4-7,10-13H2,1-3H3/t15-,16+,17+,18+/m1/s1. The first-order valence-corrected chi connectivity index (χ1v) is 10.1. The Morgan fingerprint density at radius 2 is 2.07 bits per heavy atom. The Kier molecular flexibility index (Phi) is 4.97. The summed E-state index contributed by atoms with van der Waals surface area (Å²) in [5.41, 5.74) is 1.07. The lowest BCUT2D eigenvalue weighted by molar-refractivity contribution is -0.157. The first kappa shape index (κ1) is 18.5. The third-order valence-electron chi connectivity index (χ3n) is 6.46. The number of likely N-dealkylation sites (N-methyl/N-ethyl adjacent to an activating group) is 1. The van der Waals surface area contributed by atoms with Crippen molar-refractivity contribution in [3.63, 3.8) is 0 Å². The average Bonchev–Trinajstić information content (AvgIpc) is 3.03. The lowest BCUT2D eigenvalue weighted by Gasteiger charge is -2.57. The van der Waals surface area contributed by atoms with Crippen LogP contribution in [0.2, 0.25) is 0 Å². The van der Waals surface area contributed by atoms with Gasteiger partial charge in [-0.25, -0.2) is 0 Å². The fourth-order valence-corrected chi connectivity index (χ4v) is 5.38. The molecule has 2 amide bonds. The third-order valence-corrected chi connectivity index (χ3v) is 6.46. The zero-order valence-corrected chi connectivity index (χ0v) is 16.7. The molecular weight excluding hydrogens is 342 g/mol. The molecule has 3 aliphatic heterocycles. The molecule has 148 valence electrons. The Balaban J connectivity index is 1.53. The molecule has 0 spiro atoms. The zero-order valence-electron chi connectivity index (χ0n) is 16.7. The number of aryl methyl sites for hydroxylation is 1. The topological polar surface area (TPSA) is 61.7 Å². The van der Waals surface area contributed by atoms with Crippen LogP contribution in [0.1, 0.15) is 31.2 Å². The van der Waals surface area contributed by atoms with Crippen molar-refractivity contribution in [2.75, 3.05) is 33.7 Å². The van der Waals surface area contributed by atoms with E-state index >= 15 is 0 Å². The molecule has 27 heavy (non-hydrogen) atoms. The van der Waals surface area contributed by atoms with Gasteiger partial charge < -0.3 is 14.7 Å². The summed E-state index contributed by atoms with van der Waals surface area (Å²) in [5.74, 6) is 1.24. The molecular formula is C20H31N5O2. The van der Waals surface area contributed by atoms with Gasteiger partial charge in [-0.2, -0.15) is 5.10 Å². The van der Waals surface area contributed by atoms with Crippen LogP contribution in [0.4, 0.5) is 0 Å². The smallest absolute Gasteiger partial charge is 0.244 e. The van der Waals surface area contributed by atoms with E-state index in [4.69, 9.17) is 0 Å². The van der Waals surface area contributed by atoms with Crippen molar-refractivity contribution in [3.8, 4) is 0 Å². The fourth-order valence-electron chi connectivity index (χ4n) is 5.38. The van der Waals surface area contributed by atoms with Crippen LogP contribution in [-0.2, 0) is 16.1 Å². The van der Waals surface area contributed by atoms with E-state index in [0.29, 0.717) is 36.8 Å². The van der Waals surface area contributed by atoms with Crippen LogP contribution in [0.15, 0.2) is 12.4 Å². The molecule has 2 bridgehead atoms. The molecule has 1 aromatic heterocycles. The molecule has 0 aromatic carbocycles. The molecule has 0 N–H and O–H groups in total. The third kappa shape index (κ3) is 3.61. The Labute approximate surface area is 161 Å². The van der Waals surface area contributed by atoms with E-state index in [0.717, 1.165) is 44.5 Å². The lowest BCUT2D eigenvalue weighted by atomic mass is 9.72. The predicted molar refractivity (Wildman–Crippen MR) is 102 cm³/mol. The molecule has 0 saturated carbocycles. The molecule has 0 radical (unpaired) electrons. The van der Waals surface area contributed by atoms with Gasteiger partial charge in [0.15, 0.2) is 0 Å². The van der Waals surface area contributed by atoms with Crippen LogP contribution in [0.25, 0.3) is 0 Å². The maximum atomic E-state index is 12.9. The summed E-state index contributed by atoms with van der Waals surface area (Å²) in [6.45, 7) is 4.70. The van der Waals surface area contributed by atoms with Crippen molar-refractivity contribution in [2.24, 2.45) is 11.8 Å². The van der Waals surface area contributed by atoms with Gasteiger partial charge in [0.2, 0.25) is 11.8 Å². The molecule has 7 nitrogen and oxygen atoms in total. The van der Waals surface area contributed by atoms with Crippen molar-refractivity contribution >= 4 is 11.8 Å². The molecule has 7 heteroatoms. The monoisotopic (exact) mass is 373 g/mol. The maximum Gasteiger partial charge on any atom is 0.244 e. The molecule has 4 rings (SSSR count). The molecule has 4 heterocycles. The van der Waals surface area contributed by atoms with E-state index < -0.39 is 0 Å². The van der Waals surface area contributed by atoms with Crippen LogP contribution in [0.3, 0.4) is 0 Å². The number of hydrogen-bond acceptors (Lipinski definition) is 4. The summed E-state index contributed by atoms with van der Waals surface area (Å²) in [6, 6.07) is 0.520. The van der Waals surface area contributed by atoms with E-state index in [9.17, 15) is 9.59 Å². The summed E-state index contributed by atoms with van der Waals surface area (Å²) in [6.07, 6.45) is 7.58. The van der Waals surface area contributed by atoms with Crippen LogP contribution in [-0.4, -0.2) is 82.1 Å². The van der Waals surface area contributed by atoms with E-state index in [1.165, 1.54) is 0 Å². The summed E-state index contributed by atoms with van der Waals surface area (Å²) in [4.78, 5) is 32.1. The first-order valence-electron chi connectivity index (χ1n) is 10.1. The number of likely N-dealkylation sites (tertiary alicyclic amines) is 1. The minimum Gasteiger partial charge on any atom is -0.340 e. The van der Waals surface area contributed by atoms with Crippen LogP contribution < -0.4 is 0 Å². The highest BCUT2D eigenvalue weighted by Gasteiger charge is 2.49. The summed E-state index contributed by atoms with van der Waals surface area (Å²) >= 11 is 0. The van der Waals surface area contributed by atoms with E-state index in [-0.39, 0.29) is 11.9 Å². The van der Waals surface area contributed by atoms with Gasteiger partial charge in [-0.05, 0) is 57.7 Å². The highest BCUT2D eigenvalue weighted by atomic mass is 16.2. The van der Waals surface area contributed by atoms with Crippen LogP contribution >= 0.6 is 0 Å². The first-order chi connectivity index (χ1) is 12.9. The molecule has 4 atom stereocenters. The van der Waals surface area contributed by atoms with Crippen molar-refractivity contribution in [1.29, 1.82) is 0 Å². The second-order valence-corrected chi connectivity index (χ2v) is 8.86. The largest absolute Gasteiger partial charge is 0.340 e. The van der Waals surface area contributed by atoms with Gasteiger partial charge >= 0.3 is 0 Å². The lowest BCUT2D eigenvalue weighted by Crippen LogP contribution is -2.67. The number of carbonyl (C=O) groups is 2. The van der Waals surface area contributed by atoms with Gasteiger partial charge in [0, 0.05) is 44.3 Å². The zero-order chi connectivity index (χ0) is 19.1. The van der Waals surface area contributed by atoms with Gasteiger partial charge in [-0.1, -0.05) is 0 Å².